The molecule has 7 nitrogen and oxygen atoms in total. The molecule has 2 amide bonds. The first-order valence-corrected chi connectivity index (χ1v) is 8.24. The Morgan fingerprint density at radius 3 is 2.83 bits per heavy atom. The van der Waals surface area contributed by atoms with Crippen LogP contribution in [0.5, 0.6) is 0 Å². The number of hydrogen-bond acceptors (Lipinski definition) is 5. The molecule has 126 valence electrons. The first-order valence-electron chi connectivity index (χ1n) is 7.36. The van der Waals surface area contributed by atoms with Crippen LogP contribution in [0.3, 0.4) is 0 Å². The highest BCUT2D eigenvalue weighted by Crippen LogP contribution is 2.39. The Morgan fingerprint density at radius 1 is 1.42 bits per heavy atom. The van der Waals surface area contributed by atoms with E-state index in [0.29, 0.717) is 5.76 Å². The van der Waals surface area contributed by atoms with Gasteiger partial charge in [-0.05, 0) is 23.6 Å². The van der Waals surface area contributed by atoms with Gasteiger partial charge in [0.1, 0.15) is 5.76 Å². The van der Waals surface area contributed by atoms with Crippen LogP contribution in [0.2, 0.25) is 0 Å². The Hall–Kier alpha value is -2.61. The molecule has 8 heteroatoms. The first-order chi connectivity index (χ1) is 11.5. The fourth-order valence-electron chi connectivity index (χ4n) is 2.85. The Labute approximate surface area is 141 Å². The molecular formula is C16H16N2O5S. The van der Waals surface area contributed by atoms with Gasteiger partial charge in [-0.25, -0.2) is 4.79 Å². The van der Waals surface area contributed by atoms with Gasteiger partial charge >= 0.3 is 5.97 Å². The van der Waals surface area contributed by atoms with Crippen molar-refractivity contribution in [3.05, 3.63) is 46.0 Å². The van der Waals surface area contributed by atoms with Crippen molar-refractivity contribution in [2.24, 2.45) is 5.92 Å². The molecule has 0 aromatic carbocycles. The van der Waals surface area contributed by atoms with E-state index >= 15 is 0 Å². The minimum atomic E-state index is -1.16. The molecule has 1 aliphatic heterocycles. The molecule has 2 aromatic heterocycles. The predicted octanol–water partition coefficient (Wildman–Crippen LogP) is 1.88. The lowest BCUT2D eigenvalue weighted by Gasteiger charge is -2.23. The monoisotopic (exact) mass is 348 g/mol. The van der Waals surface area contributed by atoms with Gasteiger partial charge in [-0.1, -0.05) is 6.07 Å². The van der Waals surface area contributed by atoms with Crippen LogP contribution in [-0.4, -0.2) is 34.8 Å². The molecule has 3 heterocycles. The SMILES string of the molecule is CN1C(=O)C[C@@H](C(=O)NCc2ccc(C(=O)O)o2)[C@@H]1c1cccs1. The van der Waals surface area contributed by atoms with Crippen LogP contribution in [0.4, 0.5) is 0 Å². The van der Waals surface area contributed by atoms with Gasteiger partial charge in [-0.3, -0.25) is 9.59 Å². The molecule has 0 unspecified atom stereocenters. The average molecular weight is 348 g/mol. The second-order valence-electron chi connectivity index (χ2n) is 5.56. The molecule has 0 radical (unpaired) electrons. The molecule has 24 heavy (non-hydrogen) atoms. The molecule has 1 aliphatic rings. The zero-order valence-electron chi connectivity index (χ0n) is 12.9. The molecule has 0 aliphatic carbocycles. The number of carbonyl (C=O) groups excluding carboxylic acids is 2. The number of hydrogen-bond donors (Lipinski definition) is 2. The number of furan rings is 1. The largest absolute Gasteiger partial charge is 0.475 e. The van der Waals surface area contributed by atoms with Gasteiger partial charge < -0.3 is 19.7 Å². The molecule has 1 saturated heterocycles. The van der Waals surface area contributed by atoms with Crippen LogP contribution in [0.1, 0.15) is 33.7 Å². The zero-order valence-corrected chi connectivity index (χ0v) is 13.7. The van der Waals surface area contributed by atoms with E-state index in [0.717, 1.165) is 4.88 Å². The second kappa shape index (κ2) is 6.48. The molecule has 2 aromatic rings. The van der Waals surface area contributed by atoms with Crippen molar-refractivity contribution in [1.82, 2.24) is 10.2 Å². The third kappa shape index (κ3) is 3.05. The number of nitrogens with one attached hydrogen (secondary N) is 1. The van der Waals surface area contributed by atoms with Crippen LogP contribution in [0, 0.1) is 5.92 Å². The summed E-state index contributed by atoms with van der Waals surface area (Å²) in [5, 5.41) is 13.5. The van der Waals surface area contributed by atoms with E-state index in [-0.39, 0.29) is 36.6 Å². The van der Waals surface area contributed by atoms with Crippen molar-refractivity contribution >= 4 is 29.1 Å². The lowest BCUT2D eigenvalue weighted by atomic mass is 9.98. The van der Waals surface area contributed by atoms with E-state index in [1.54, 1.807) is 11.9 Å². The highest BCUT2D eigenvalue weighted by atomic mass is 32.1. The molecule has 0 saturated carbocycles. The molecule has 1 fully saturated rings. The van der Waals surface area contributed by atoms with E-state index in [9.17, 15) is 14.4 Å². The highest BCUT2D eigenvalue weighted by Gasteiger charge is 2.43. The van der Waals surface area contributed by atoms with E-state index in [2.05, 4.69) is 5.32 Å². The van der Waals surface area contributed by atoms with E-state index in [1.807, 2.05) is 17.5 Å². The van der Waals surface area contributed by atoms with Gasteiger partial charge in [0.15, 0.2) is 0 Å². The third-order valence-corrected chi connectivity index (χ3v) is 5.01. The second-order valence-corrected chi connectivity index (χ2v) is 6.54. The highest BCUT2D eigenvalue weighted by molar-refractivity contribution is 7.10. The molecule has 3 rings (SSSR count). The number of aromatic carboxylic acids is 1. The normalized spacial score (nSPS) is 20.4. The quantitative estimate of drug-likeness (QED) is 0.859. The summed E-state index contributed by atoms with van der Waals surface area (Å²) >= 11 is 1.51. The van der Waals surface area contributed by atoms with Crippen LogP contribution >= 0.6 is 11.3 Å². The number of nitrogens with zero attached hydrogens (tertiary/aromatic N) is 1. The van der Waals surface area contributed by atoms with Crippen molar-refractivity contribution in [3.63, 3.8) is 0 Å². The maximum Gasteiger partial charge on any atom is 0.371 e. The van der Waals surface area contributed by atoms with Crippen molar-refractivity contribution < 1.29 is 23.9 Å². The van der Waals surface area contributed by atoms with Gasteiger partial charge in [0.25, 0.3) is 0 Å². The van der Waals surface area contributed by atoms with E-state index < -0.39 is 11.9 Å². The number of likely N-dealkylation sites (tertiary alicyclic amines) is 1. The summed E-state index contributed by atoms with van der Waals surface area (Å²) in [5.74, 6) is -1.78. The Kier molecular flexibility index (Phi) is 4.39. The summed E-state index contributed by atoms with van der Waals surface area (Å²) in [6.45, 7) is 0.0810. The smallest absolute Gasteiger partial charge is 0.371 e. The van der Waals surface area contributed by atoms with Crippen LogP contribution in [0.25, 0.3) is 0 Å². The Bertz CT molecular complexity index is 767. The lowest BCUT2D eigenvalue weighted by Crippen LogP contribution is -2.33. The molecular weight excluding hydrogens is 332 g/mol. The minimum absolute atomic E-state index is 0.0697. The molecule has 2 N–H and O–H groups in total. The fourth-order valence-corrected chi connectivity index (χ4v) is 3.78. The number of amides is 2. The van der Waals surface area contributed by atoms with Crippen molar-refractivity contribution in [2.75, 3.05) is 7.05 Å². The maximum atomic E-state index is 12.5. The van der Waals surface area contributed by atoms with E-state index in [1.165, 1.54) is 23.5 Å². The predicted molar refractivity (Wildman–Crippen MR) is 85.5 cm³/mol. The van der Waals surface area contributed by atoms with E-state index in [4.69, 9.17) is 9.52 Å². The van der Waals surface area contributed by atoms with Crippen molar-refractivity contribution in [2.45, 2.75) is 19.0 Å². The maximum absolute atomic E-state index is 12.5. The van der Waals surface area contributed by atoms with Gasteiger partial charge in [-0.15, -0.1) is 11.3 Å². The summed E-state index contributed by atoms with van der Waals surface area (Å²) in [4.78, 5) is 37.9. The number of carboxylic acids is 1. The van der Waals surface area contributed by atoms with Gasteiger partial charge in [0.05, 0.1) is 18.5 Å². The molecule has 0 spiro atoms. The summed E-state index contributed by atoms with van der Waals surface area (Å²) in [6.07, 6.45) is 0.156. The summed E-state index contributed by atoms with van der Waals surface area (Å²) in [7, 11) is 1.70. The van der Waals surface area contributed by atoms with Crippen LogP contribution in [-0.2, 0) is 16.1 Å². The molecule has 2 atom stereocenters. The number of carboxylic acid groups (broad SMARTS) is 1. The Balaban J connectivity index is 1.69. The first kappa shape index (κ1) is 16.3. The third-order valence-electron chi connectivity index (χ3n) is 4.07. The molecule has 0 bridgehead atoms. The van der Waals surface area contributed by atoms with Gasteiger partial charge in [0, 0.05) is 18.3 Å². The Morgan fingerprint density at radius 2 is 2.21 bits per heavy atom. The van der Waals surface area contributed by atoms with Crippen LogP contribution < -0.4 is 5.32 Å². The fraction of sp³-hybridized carbons (Fsp3) is 0.312. The van der Waals surface area contributed by atoms with Crippen molar-refractivity contribution in [3.8, 4) is 0 Å². The number of carbonyl (C=O) groups is 3. The summed E-state index contributed by atoms with van der Waals surface area (Å²) < 4.78 is 5.11. The van der Waals surface area contributed by atoms with Crippen LogP contribution in [0.15, 0.2) is 34.1 Å². The summed E-state index contributed by atoms with van der Waals surface area (Å²) in [6, 6.07) is 6.37. The summed E-state index contributed by atoms with van der Waals surface area (Å²) in [5.41, 5.74) is 0. The lowest BCUT2D eigenvalue weighted by molar-refractivity contribution is -0.128. The number of rotatable bonds is 5. The topological polar surface area (TPSA) is 99.9 Å². The van der Waals surface area contributed by atoms with Gasteiger partial charge in [-0.2, -0.15) is 0 Å². The minimum Gasteiger partial charge on any atom is -0.475 e. The standard InChI is InChI=1S/C16H16N2O5S/c1-18-13(19)7-10(14(18)12-3-2-6-24-12)15(20)17-8-9-4-5-11(23-9)16(21)22/h2-6,10,14H,7-8H2,1H3,(H,17,20)(H,21,22)/t10-,14-/m1/s1. The van der Waals surface area contributed by atoms with Gasteiger partial charge in [0.2, 0.25) is 17.6 Å². The zero-order chi connectivity index (χ0) is 17.3. The number of thiophene rings is 1. The average Bonchev–Trinajstić information content (AvgIpc) is 3.26. The van der Waals surface area contributed by atoms with Crippen molar-refractivity contribution in [1.29, 1.82) is 0 Å².